The van der Waals surface area contributed by atoms with E-state index >= 15 is 0 Å². The molecule has 0 saturated heterocycles. The van der Waals surface area contributed by atoms with Crippen LogP contribution >= 0.6 is 0 Å². The lowest BCUT2D eigenvalue weighted by Gasteiger charge is -2.19. The van der Waals surface area contributed by atoms with Crippen molar-refractivity contribution in [3.8, 4) is 0 Å². The first kappa shape index (κ1) is 59.9. The molecule has 0 aromatic heterocycles. The zero-order valence-corrected chi connectivity index (χ0v) is 42.5. The maximum atomic E-state index is 6.50. The molecule has 60 heavy (non-hydrogen) atoms. The maximum Gasteiger partial charge on any atom is 0.0192 e. The third-order valence-corrected chi connectivity index (χ3v) is 14.3. The van der Waals surface area contributed by atoms with Crippen molar-refractivity contribution in [2.75, 3.05) is 0 Å². The topological polar surface area (TPSA) is 52.0 Å². The molecule has 0 aliphatic heterocycles. The summed E-state index contributed by atoms with van der Waals surface area (Å²) in [5.74, 6) is 0. The van der Waals surface area contributed by atoms with Crippen molar-refractivity contribution in [3.05, 3.63) is 0 Å². The molecule has 0 aliphatic carbocycles. The average molecular weight is 846 g/mol. The Bertz CT molecular complexity index is 661. The molecule has 0 amide bonds. The number of nitrogens with two attached hydrogens (primary N) is 2. The van der Waals surface area contributed by atoms with E-state index in [1.807, 2.05) is 0 Å². The summed E-state index contributed by atoms with van der Waals surface area (Å²) < 4.78 is 0. The van der Waals surface area contributed by atoms with Crippen molar-refractivity contribution < 1.29 is 0 Å². The second kappa shape index (κ2) is 55.1. The molecule has 0 spiro atoms. The molecule has 2 nitrogen and oxygen atoms in total. The van der Waals surface area contributed by atoms with Gasteiger partial charge in [0.15, 0.2) is 0 Å². The quantitative estimate of drug-likeness (QED) is 0.0599. The van der Waals surface area contributed by atoms with E-state index in [4.69, 9.17) is 11.5 Å². The van der Waals surface area contributed by atoms with Gasteiger partial charge in [-0.3, -0.25) is 0 Å². The molecule has 0 bridgehead atoms. The van der Waals surface area contributed by atoms with E-state index in [0.717, 1.165) is 12.8 Å². The summed E-state index contributed by atoms with van der Waals surface area (Å²) in [4.78, 5) is 0. The highest BCUT2D eigenvalue weighted by molar-refractivity contribution is 4.76. The minimum Gasteiger partial charge on any atom is -0.326 e. The number of hydrogen-bond donors (Lipinski definition) is 2. The summed E-state index contributed by atoms with van der Waals surface area (Å²) in [7, 11) is 0. The van der Waals surface area contributed by atoms with Crippen molar-refractivity contribution >= 4 is 0 Å². The van der Waals surface area contributed by atoms with Gasteiger partial charge in [0.1, 0.15) is 0 Å². The summed E-state index contributed by atoms with van der Waals surface area (Å²) in [5, 5.41) is 0. The molecule has 4 N–H and O–H groups in total. The largest absolute Gasteiger partial charge is 0.326 e. The molecular formula is C58H120N2. The van der Waals surface area contributed by atoms with Crippen LogP contribution in [0.4, 0.5) is 0 Å². The molecule has 0 aliphatic rings. The van der Waals surface area contributed by atoms with E-state index in [-0.39, 0.29) is 12.1 Å². The van der Waals surface area contributed by atoms with Crippen molar-refractivity contribution in [2.45, 2.75) is 373 Å². The zero-order valence-electron chi connectivity index (χ0n) is 42.5. The molecule has 2 unspecified atom stereocenters. The lowest BCUT2D eigenvalue weighted by molar-refractivity contribution is 0.428. The first-order chi connectivity index (χ1) is 29.7. The van der Waals surface area contributed by atoms with Gasteiger partial charge in [0.05, 0.1) is 0 Å². The van der Waals surface area contributed by atoms with Crippen LogP contribution in [0.2, 0.25) is 0 Å². The maximum absolute atomic E-state index is 6.50. The van der Waals surface area contributed by atoms with Crippen LogP contribution < -0.4 is 11.5 Å². The Morgan fingerprint density at radius 3 is 0.383 bits per heavy atom. The van der Waals surface area contributed by atoms with Gasteiger partial charge in [-0.1, -0.05) is 348 Å². The Kier molecular flexibility index (Phi) is 55.0. The van der Waals surface area contributed by atoms with Crippen molar-refractivity contribution in [2.24, 2.45) is 11.5 Å². The van der Waals surface area contributed by atoms with E-state index in [1.54, 1.807) is 0 Å². The molecule has 362 valence electrons. The standard InChI is InChI=1S/C58H120N2/c1-3-5-7-9-11-13-15-17-19-21-23-25-27-29-31-33-35-37-39-41-43-45-47-49-51-53-55-57(59)58(60)56-54-52-50-48-46-44-42-40-38-36-34-32-30-28-26-24-22-20-18-16-14-12-10-8-6-4-2/h57-58H,3-56,59-60H2,1-2H3. The highest BCUT2D eigenvalue weighted by atomic mass is 14.8. The molecule has 0 aromatic carbocycles. The molecule has 0 radical (unpaired) electrons. The summed E-state index contributed by atoms with van der Waals surface area (Å²) in [5.41, 5.74) is 13.0. The predicted octanol–water partition coefficient (Wildman–Crippen LogP) is 20.7. The second-order valence-corrected chi connectivity index (χ2v) is 20.6. The summed E-state index contributed by atoms with van der Waals surface area (Å²) in [6, 6.07) is 0.414. The lowest BCUT2D eigenvalue weighted by atomic mass is 9.96. The Hall–Kier alpha value is -0.0800. The highest BCUT2D eigenvalue weighted by Gasteiger charge is 2.12. The Labute approximate surface area is 382 Å². The van der Waals surface area contributed by atoms with E-state index in [0.29, 0.717) is 0 Å². The molecule has 0 aromatic rings. The fourth-order valence-corrected chi connectivity index (χ4v) is 9.82. The van der Waals surface area contributed by atoms with Gasteiger partial charge in [-0.05, 0) is 12.8 Å². The Morgan fingerprint density at radius 1 is 0.167 bits per heavy atom. The lowest BCUT2D eigenvalue weighted by Crippen LogP contribution is -2.41. The van der Waals surface area contributed by atoms with Gasteiger partial charge >= 0.3 is 0 Å². The minimum absolute atomic E-state index is 0.207. The van der Waals surface area contributed by atoms with Crippen molar-refractivity contribution in [3.63, 3.8) is 0 Å². The van der Waals surface area contributed by atoms with Crippen molar-refractivity contribution in [1.82, 2.24) is 0 Å². The van der Waals surface area contributed by atoms with Crippen molar-refractivity contribution in [1.29, 1.82) is 0 Å². The molecule has 0 rings (SSSR count). The highest BCUT2D eigenvalue weighted by Crippen LogP contribution is 2.19. The fourth-order valence-electron chi connectivity index (χ4n) is 9.82. The molecule has 0 saturated carbocycles. The predicted molar refractivity (Wildman–Crippen MR) is 277 cm³/mol. The molecule has 0 fully saturated rings. The van der Waals surface area contributed by atoms with Crippen LogP contribution in [0.1, 0.15) is 361 Å². The average Bonchev–Trinajstić information content (AvgIpc) is 3.25. The minimum atomic E-state index is 0.207. The summed E-state index contributed by atoms with van der Waals surface area (Å²) >= 11 is 0. The first-order valence-corrected chi connectivity index (χ1v) is 29.2. The third kappa shape index (κ3) is 52.3. The van der Waals surface area contributed by atoms with Gasteiger partial charge in [0.2, 0.25) is 0 Å². The van der Waals surface area contributed by atoms with Crippen LogP contribution in [-0.4, -0.2) is 12.1 Å². The van der Waals surface area contributed by atoms with Gasteiger partial charge in [-0.2, -0.15) is 0 Å². The summed E-state index contributed by atoms with van der Waals surface area (Å²) in [6.45, 7) is 4.62. The van der Waals surface area contributed by atoms with Crippen LogP contribution in [0.25, 0.3) is 0 Å². The van der Waals surface area contributed by atoms with Gasteiger partial charge in [0.25, 0.3) is 0 Å². The second-order valence-electron chi connectivity index (χ2n) is 20.6. The SMILES string of the molecule is CCCCCCCCCCCCCCCCCCCCCCCCCCCCC(N)C(N)CCCCCCCCCCCCCCCCCCCCCCCCCCCC. The smallest absolute Gasteiger partial charge is 0.0192 e. The molecule has 2 heteroatoms. The number of rotatable bonds is 55. The van der Waals surface area contributed by atoms with Gasteiger partial charge in [0, 0.05) is 12.1 Å². The van der Waals surface area contributed by atoms with E-state index in [1.165, 1.54) is 334 Å². The first-order valence-electron chi connectivity index (χ1n) is 29.2. The van der Waals surface area contributed by atoms with Crippen LogP contribution in [0, 0.1) is 0 Å². The van der Waals surface area contributed by atoms with Crippen LogP contribution in [-0.2, 0) is 0 Å². The zero-order chi connectivity index (χ0) is 43.3. The van der Waals surface area contributed by atoms with E-state index in [2.05, 4.69) is 13.8 Å². The van der Waals surface area contributed by atoms with E-state index in [9.17, 15) is 0 Å². The molecule has 2 atom stereocenters. The van der Waals surface area contributed by atoms with Gasteiger partial charge in [-0.25, -0.2) is 0 Å². The van der Waals surface area contributed by atoms with E-state index < -0.39 is 0 Å². The van der Waals surface area contributed by atoms with Gasteiger partial charge < -0.3 is 11.5 Å². The van der Waals surface area contributed by atoms with Crippen LogP contribution in [0.15, 0.2) is 0 Å². The number of unbranched alkanes of at least 4 members (excludes halogenated alkanes) is 50. The Balaban J connectivity index is 3.22. The monoisotopic (exact) mass is 845 g/mol. The van der Waals surface area contributed by atoms with Gasteiger partial charge in [-0.15, -0.1) is 0 Å². The summed E-state index contributed by atoms with van der Waals surface area (Å²) in [6.07, 6.45) is 77.6. The molecule has 0 heterocycles. The Morgan fingerprint density at radius 2 is 0.267 bits per heavy atom. The number of hydrogen-bond acceptors (Lipinski definition) is 2. The van der Waals surface area contributed by atoms with Crippen LogP contribution in [0.5, 0.6) is 0 Å². The molecular weight excluding hydrogens is 725 g/mol. The third-order valence-electron chi connectivity index (χ3n) is 14.3. The van der Waals surface area contributed by atoms with Crippen LogP contribution in [0.3, 0.4) is 0 Å². The fraction of sp³-hybridized carbons (Fsp3) is 1.00. The normalized spacial score (nSPS) is 12.8.